The number of sulfone groups is 1. The largest absolute Gasteiger partial charge is 0.419 e. The highest BCUT2D eigenvalue weighted by Crippen LogP contribution is 2.36. The van der Waals surface area contributed by atoms with Crippen molar-refractivity contribution in [3.8, 4) is 0 Å². The first-order chi connectivity index (χ1) is 11.6. The highest BCUT2D eigenvalue weighted by atomic mass is 32.2. The normalized spacial score (nSPS) is 18.9. The fourth-order valence-corrected chi connectivity index (χ4v) is 3.23. The lowest BCUT2D eigenvalue weighted by Crippen LogP contribution is -2.44. The summed E-state index contributed by atoms with van der Waals surface area (Å²) < 4.78 is 61.6. The highest BCUT2D eigenvalue weighted by molar-refractivity contribution is 7.90. The van der Waals surface area contributed by atoms with Crippen LogP contribution in [0.2, 0.25) is 0 Å². The number of hydrogen-bond donors (Lipinski definition) is 1. The van der Waals surface area contributed by atoms with Gasteiger partial charge in [0.25, 0.3) is 0 Å². The first kappa shape index (κ1) is 19.5. The molecule has 1 aromatic rings. The van der Waals surface area contributed by atoms with Crippen LogP contribution in [0, 0.1) is 5.92 Å². The number of nitrogens with one attached hydrogen (secondary N) is 1. The van der Waals surface area contributed by atoms with Gasteiger partial charge in [-0.1, -0.05) is 0 Å². The summed E-state index contributed by atoms with van der Waals surface area (Å²) in [5, 5.41) is 2.54. The van der Waals surface area contributed by atoms with Gasteiger partial charge in [-0.25, -0.2) is 13.4 Å². The van der Waals surface area contributed by atoms with E-state index in [1.54, 1.807) is 0 Å². The summed E-state index contributed by atoms with van der Waals surface area (Å²) >= 11 is 0. The van der Waals surface area contributed by atoms with Gasteiger partial charge < -0.3 is 10.2 Å². The number of nitrogens with zero attached hydrogens (tertiary/aromatic N) is 2. The van der Waals surface area contributed by atoms with Crippen LogP contribution in [0.1, 0.15) is 18.4 Å². The number of alkyl halides is 3. The van der Waals surface area contributed by atoms with E-state index in [1.165, 1.54) is 17.2 Å². The van der Waals surface area contributed by atoms with Gasteiger partial charge in [0.2, 0.25) is 5.91 Å². The van der Waals surface area contributed by atoms with Gasteiger partial charge in [-0.3, -0.25) is 4.79 Å². The Bertz CT molecular complexity index is 722. The van der Waals surface area contributed by atoms with E-state index in [9.17, 15) is 26.4 Å². The number of halogens is 3. The van der Waals surface area contributed by atoms with Crippen LogP contribution in [0.15, 0.2) is 18.3 Å². The SMILES string of the molecule is CS(=O)(=O)CCNC(=O)C1CCCN(c2ncccc2C(F)(F)F)C1. The summed E-state index contributed by atoms with van der Waals surface area (Å²) in [4.78, 5) is 17.5. The van der Waals surface area contributed by atoms with E-state index in [4.69, 9.17) is 0 Å². The molecule has 1 aliphatic rings. The van der Waals surface area contributed by atoms with E-state index in [0.29, 0.717) is 19.4 Å². The predicted octanol–water partition coefficient (Wildman–Crippen LogP) is 1.48. The zero-order valence-corrected chi connectivity index (χ0v) is 14.5. The van der Waals surface area contributed by atoms with Gasteiger partial charge in [0, 0.05) is 32.1 Å². The maximum Gasteiger partial charge on any atom is 0.419 e. The first-order valence-electron chi connectivity index (χ1n) is 7.80. The molecule has 0 radical (unpaired) electrons. The van der Waals surface area contributed by atoms with Crippen LogP contribution in [0.5, 0.6) is 0 Å². The molecule has 0 aromatic carbocycles. The summed E-state index contributed by atoms with van der Waals surface area (Å²) in [6, 6.07) is 2.20. The molecule has 0 bridgehead atoms. The number of pyridine rings is 1. The number of aromatic nitrogens is 1. The van der Waals surface area contributed by atoms with Crippen molar-refractivity contribution in [2.75, 3.05) is 36.5 Å². The summed E-state index contributed by atoms with van der Waals surface area (Å²) in [6.07, 6.45) is -1.07. The van der Waals surface area contributed by atoms with Gasteiger partial charge in [-0.15, -0.1) is 0 Å². The maximum absolute atomic E-state index is 13.1. The second-order valence-corrected chi connectivity index (χ2v) is 8.34. The molecule has 0 aliphatic carbocycles. The number of carbonyl (C=O) groups excluding carboxylic acids is 1. The predicted molar refractivity (Wildman–Crippen MR) is 86.9 cm³/mol. The van der Waals surface area contributed by atoms with E-state index in [2.05, 4.69) is 10.3 Å². The van der Waals surface area contributed by atoms with Gasteiger partial charge in [0.05, 0.1) is 17.2 Å². The smallest absolute Gasteiger partial charge is 0.355 e. The zero-order chi connectivity index (χ0) is 18.7. The molecule has 0 spiro atoms. The third kappa shape index (κ3) is 5.58. The van der Waals surface area contributed by atoms with Gasteiger partial charge in [0.15, 0.2) is 0 Å². The zero-order valence-electron chi connectivity index (χ0n) is 13.7. The van der Waals surface area contributed by atoms with Crippen LogP contribution >= 0.6 is 0 Å². The van der Waals surface area contributed by atoms with Gasteiger partial charge in [-0.05, 0) is 25.0 Å². The van der Waals surface area contributed by atoms with Crippen LogP contribution in [-0.2, 0) is 20.8 Å². The number of anilines is 1. The summed E-state index contributed by atoms with van der Waals surface area (Å²) in [7, 11) is -3.19. The quantitative estimate of drug-likeness (QED) is 0.838. The Hall–Kier alpha value is -1.84. The number of piperidine rings is 1. The molecule has 1 saturated heterocycles. The molecule has 1 atom stereocenters. The second-order valence-electron chi connectivity index (χ2n) is 6.08. The molecule has 1 aliphatic heterocycles. The number of amides is 1. The van der Waals surface area contributed by atoms with Gasteiger partial charge >= 0.3 is 6.18 Å². The van der Waals surface area contributed by atoms with Crippen molar-refractivity contribution in [1.29, 1.82) is 0 Å². The van der Waals surface area contributed by atoms with Crippen LogP contribution in [-0.4, -0.2) is 51.0 Å². The lowest BCUT2D eigenvalue weighted by molar-refractivity contribution is -0.137. The van der Waals surface area contributed by atoms with Crippen molar-refractivity contribution in [1.82, 2.24) is 10.3 Å². The van der Waals surface area contributed by atoms with Crippen molar-refractivity contribution in [2.45, 2.75) is 19.0 Å². The third-order valence-electron chi connectivity index (χ3n) is 3.96. The molecule has 1 aromatic heterocycles. The van der Waals surface area contributed by atoms with Crippen molar-refractivity contribution in [3.63, 3.8) is 0 Å². The number of rotatable bonds is 5. The average Bonchev–Trinajstić information content (AvgIpc) is 2.53. The molecule has 140 valence electrons. The van der Waals surface area contributed by atoms with Crippen LogP contribution in [0.4, 0.5) is 19.0 Å². The third-order valence-corrected chi connectivity index (χ3v) is 4.90. The summed E-state index contributed by atoms with van der Waals surface area (Å²) in [5.74, 6) is -1.20. The molecule has 1 unspecified atom stereocenters. The van der Waals surface area contributed by atoms with E-state index >= 15 is 0 Å². The van der Waals surface area contributed by atoms with E-state index in [1.807, 2.05) is 0 Å². The standard InChI is InChI=1S/C15H20F3N3O3S/c1-25(23,24)9-7-20-14(22)11-4-3-8-21(10-11)13-12(15(16,17)18)5-2-6-19-13/h2,5-6,11H,3-4,7-10H2,1H3,(H,20,22). The minimum absolute atomic E-state index is 0.00838. The lowest BCUT2D eigenvalue weighted by atomic mass is 9.96. The molecule has 6 nitrogen and oxygen atoms in total. The fraction of sp³-hybridized carbons (Fsp3) is 0.600. The minimum atomic E-state index is -4.52. The van der Waals surface area contributed by atoms with Crippen molar-refractivity contribution < 1.29 is 26.4 Å². The number of carbonyl (C=O) groups is 1. The van der Waals surface area contributed by atoms with Crippen molar-refractivity contribution in [2.24, 2.45) is 5.92 Å². The van der Waals surface area contributed by atoms with Crippen LogP contribution in [0.3, 0.4) is 0 Å². The molecular formula is C15H20F3N3O3S. The second kappa shape index (κ2) is 7.59. The summed E-state index contributed by atoms with van der Waals surface area (Å²) in [6.45, 7) is 0.490. The Kier molecular flexibility index (Phi) is 5.91. The molecule has 1 fully saturated rings. The Morgan fingerprint density at radius 1 is 1.44 bits per heavy atom. The van der Waals surface area contributed by atoms with Crippen LogP contribution in [0.25, 0.3) is 0 Å². The number of hydrogen-bond acceptors (Lipinski definition) is 5. The molecule has 1 N–H and O–H groups in total. The average molecular weight is 379 g/mol. The Morgan fingerprint density at radius 3 is 2.80 bits per heavy atom. The van der Waals surface area contributed by atoms with Gasteiger partial charge in [0.1, 0.15) is 15.7 Å². The monoisotopic (exact) mass is 379 g/mol. The highest BCUT2D eigenvalue weighted by Gasteiger charge is 2.37. The van der Waals surface area contributed by atoms with Gasteiger partial charge in [-0.2, -0.15) is 13.2 Å². The molecule has 1 amide bonds. The molecule has 25 heavy (non-hydrogen) atoms. The fourth-order valence-electron chi connectivity index (χ4n) is 2.76. The summed E-state index contributed by atoms with van der Waals surface area (Å²) in [5.41, 5.74) is -0.826. The van der Waals surface area contributed by atoms with Crippen molar-refractivity contribution >= 4 is 21.6 Å². The first-order valence-corrected chi connectivity index (χ1v) is 9.86. The topological polar surface area (TPSA) is 79.4 Å². The maximum atomic E-state index is 13.1. The van der Waals surface area contributed by atoms with E-state index < -0.39 is 27.5 Å². The van der Waals surface area contributed by atoms with E-state index in [-0.39, 0.29) is 30.6 Å². The molecule has 2 heterocycles. The van der Waals surface area contributed by atoms with Crippen molar-refractivity contribution in [3.05, 3.63) is 23.9 Å². The minimum Gasteiger partial charge on any atom is -0.355 e. The Labute approximate surface area is 144 Å². The lowest BCUT2D eigenvalue weighted by Gasteiger charge is -2.34. The molecule has 10 heteroatoms. The molecular weight excluding hydrogens is 359 g/mol. The van der Waals surface area contributed by atoms with Crippen LogP contribution < -0.4 is 10.2 Å². The molecule has 2 rings (SSSR count). The van der Waals surface area contributed by atoms with E-state index in [0.717, 1.165) is 12.3 Å². The Morgan fingerprint density at radius 2 is 2.16 bits per heavy atom. The molecule has 0 saturated carbocycles. The Balaban J connectivity index is 2.05.